The van der Waals surface area contributed by atoms with Gasteiger partial charge in [0.25, 0.3) is 5.91 Å². The number of aromatic nitrogens is 5. The van der Waals surface area contributed by atoms with E-state index in [4.69, 9.17) is 4.42 Å². The molecule has 120 valence electrons. The van der Waals surface area contributed by atoms with Gasteiger partial charge in [-0.2, -0.15) is 10.2 Å². The molecule has 3 aromatic heterocycles. The van der Waals surface area contributed by atoms with E-state index in [1.807, 2.05) is 20.2 Å². The predicted molar refractivity (Wildman–Crippen MR) is 83.7 cm³/mol. The van der Waals surface area contributed by atoms with Crippen LogP contribution in [0.25, 0.3) is 0 Å². The maximum Gasteiger partial charge on any atom is 0.287 e. The van der Waals surface area contributed by atoms with Crippen molar-refractivity contribution in [3.05, 3.63) is 47.9 Å². The molecule has 0 aromatic carbocycles. The molecule has 2 N–H and O–H groups in total. The van der Waals surface area contributed by atoms with Gasteiger partial charge in [0.15, 0.2) is 10.9 Å². The van der Waals surface area contributed by atoms with Gasteiger partial charge in [-0.25, -0.2) is 4.98 Å². The number of aryl methyl sites for hydroxylation is 1. The van der Waals surface area contributed by atoms with E-state index < -0.39 is 0 Å². The van der Waals surface area contributed by atoms with Crippen LogP contribution in [-0.2, 0) is 12.8 Å². The van der Waals surface area contributed by atoms with Crippen LogP contribution in [0, 0.1) is 0 Å². The summed E-state index contributed by atoms with van der Waals surface area (Å²) in [5, 5.41) is 14.2. The monoisotopic (exact) mass is 332 g/mol. The Morgan fingerprint density at radius 2 is 2.39 bits per heavy atom. The summed E-state index contributed by atoms with van der Waals surface area (Å²) in [6.07, 6.45) is 5.04. The maximum atomic E-state index is 12.2. The highest BCUT2D eigenvalue weighted by Crippen LogP contribution is 2.20. The molecule has 0 unspecified atom stereocenters. The minimum atomic E-state index is -0.253. The molecule has 3 heterocycles. The predicted octanol–water partition coefficient (Wildman–Crippen LogP) is 1.91. The summed E-state index contributed by atoms with van der Waals surface area (Å²) in [7, 11) is 1.84. The fourth-order valence-electron chi connectivity index (χ4n) is 2.00. The Kier molecular flexibility index (Phi) is 4.47. The van der Waals surface area contributed by atoms with Crippen molar-refractivity contribution in [2.75, 3.05) is 0 Å². The summed E-state index contributed by atoms with van der Waals surface area (Å²) >= 11 is 1.45. The van der Waals surface area contributed by atoms with Gasteiger partial charge in [0, 0.05) is 18.8 Å². The van der Waals surface area contributed by atoms with Crippen molar-refractivity contribution < 1.29 is 9.21 Å². The number of hydrogen-bond donors (Lipinski definition) is 2. The first kappa shape index (κ1) is 15.3. The van der Waals surface area contributed by atoms with Gasteiger partial charge in [-0.3, -0.25) is 14.6 Å². The Morgan fingerprint density at radius 3 is 3.09 bits per heavy atom. The van der Waals surface area contributed by atoms with Crippen molar-refractivity contribution in [2.45, 2.75) is 23.9 Å². The number of furan rings is 1. The summed E-state index contributed by atoms with van der Waals surface area (Å²) in [6, 6.07) is 3.31. The number of hydrogen-bond acceptors (Lipinski definition) is 6. The number of carbonyl (C=O) groups is 1. The molecule has 0 bridgehead atoms. The maximum absolute atomic E-state index is 12.2. The highest BCUT2D eigenvalue weighted by Gasteiger charge is 2.16. The van der Waals surface area contributed by atoms with E-state index in [9.17, 15) is 4.79 Å². The van der Waals surface area contributed by atoms with Gasteiger partial charge in [-0.1, -0.05) is 11.8 Å². The van der Waals surface area contributed by atoms with Crippen LogP contribution in [-0.4, -0.2) is 30.9 Å². The molecule has 23 heavy (non-hydrogen) atoms. The second-order valence-corrected chi connectivity index (χ2v) is 5.95. The molecule has 0 spiro atoms. The molecule has 9 heteroatoms. The van der Waals surface area contributed by atoms with Crippen LogP contribution in [0.2, 0.25) is 0 Å². The quantitative estimate of drug-likeness (QED) is 0.669. The molecular formula is C14H16N6O2S. The molecule has 3 rings (SSSR count). The summed E-state index contributed by atoms with van der Waals surface area (Å²) in [4.78, 5) is 16.2. The van der Waals surface area contributed by atoms with E-state index in [0.29, 0.717) is 16.7 Å². The van der Waals surface area contributed by atoms with Crippen molar-refractivity contribution in [3.63, 3.8) is 0 Å². The van der Waals surface area contributed by atoms with E-state index in [2.05, 4.69) is 25.6 Å². The normalized spacial score (nSPS) is 12.3. The van der Waals surface area contributed by atoms with Gasteiger partial charge >= 0.3 is 0 Å². The second-order valence-electron chi connectivity index (χ2n) is 4.99. The molecule has 0 aliphatic rings. The van der Waals surface area contributed by atoms with Crippen molar-refractivity contribution in [1.29, 1.82) is 0 Å². The molecular weight excluding hydrogens is 316 g/mol. The van der Waals surface area contributed by atoms with Crippen LogP contribution in [0.1, 0.15) is 34.8 Å². The van der Waals surface area contributed by atoms with Gasteiger partial charge in [-0.05, 0) is 19.1 Å². The fraction of sp³-hybridized carbons (Fsp3) is 0.286. The van der Waals surface area contributed by atoms with Crippen LogP contribution in [0.4, 0.5) is 0 Å². The molecule has 0 radical (unpaired) electrons. The average Bonchev–Trinajstić information content (AvgIpc) is 3.26. The number of amides is 1. The number of rotatable bonds is 6. The standard InChI is InChI=1S/C14H16N6O2S/c1-9(10-5-17-20(2)6-10)18-13(21)12-4-3-11(22-12)7-23-14-15-8-16-19-14/h3-6,8-9H,7H2,1-2H3,(H,18,21)(H,15,16,19)/t9-/m0/s1. The lowest BCUT2D eigenvalue weighted by atomic mass is 10.2. The molecule has 1 atom stereocenters. The second kappa shape index (κ2) is 6.69. The van der Waals surface area contributed by atoms with Crippen LogP contribution >= 0.6 is 11.8 Å². The minimum absolute atomic E-state index is 0.145. The van der Waals surface area contributed by atoms with E-state index >= 15 is 0 Å². The van der Waals surface area contributed by atoms with Gasteiger partial charge in [0.1, 0.15) is 12.1 Å². The first-order valence-electron chi connectivity index (χ1n) is 6.98. The zero-order chi connectivity index (χ0) is 16.2. The lowest BCUT2D eigenvalue weighted by molar-refractivity contribution is 0.0910. The highest BCUT2D eigenvalue weighted by molar-refractivity contribution is 7.98. The van der Waals surface area contributed by atoms with E-state index in [1.165, 1.54) is 18.1 Å². The first-order valence-corrected chi connectivity index (χ1v) is 7.96. The average molecular weight is 332 g/mol. The number of carbonyl (C=O) groups excluding carboxylic acids is 1. The Hall–Kier alpha value is -2.55. The summed E-state index contributed by atoms with van der Waals surface area (Å²) in [6.45, 7) is 1.90. The molecule has 0 aliphatic carbocycles. The first-order chi connectivity index (χ1) is 11.1. The number of thioether (sulfide) groups is 1. The van der Waals surface area contributed by atoms with Crippen LogP contribution in [0.15, 0.2) is 40.4 Å². The number of nitrogens with zero attached hydrogens (tertiary/aromatic N) is 4. The SMILES string of the molecule is C[C@H](NC(=O)c1ccc(CSc2ncn[nH]2)o1)c1cnn(C)c1. The molecule has 1 amide bonds. The molecule has 3 aromatic rings. The van der Waals surface area contributed by atoms with E-state index in [0.717, 1.165) is 5.56 Å². The third-order valence-corrected chi connectivity index (χ3v) is 4.10. The Morgan fingerprint density at radius 1 is 1.52 bits per heavy atom. The van der Waals surface area contributed by atoms with Crippen molar-refractivity contribution in [1.82, 2.24) is 30.3 Å². The van der Waals surface area contributed by atoms with Gasteiger partial charge < -0.3 is 9.73 Å². The summed E-state index contributed by atoms with van der Waals surface area (Å²) in [5.41, 5.74) is 0.938. The molecule has 0 fully saturated rings. The Bertz CT molecular complexity index is 779. The molecule has 0 aliphatic heterocycles. The van der Waals surface area contributed by atoms with E-state index in [1.54, 1.807) is 23.0 Å². The van der Waals surface area contributed by atoms with Crippen molar-refractivity contribution in [2.24, 2.45) is 7.05 Å². The lowest BCUT2D eigenvalue weighted by Gasteiger charge is -2.10. The number of H-pyrrole nitrogens is 1. The summed E-state index contributed by atoms with van der Waals surface area (Å²) < 4.78 is 7.27. The van der Waals surface area contributed by atoms with Crippen LogP contribution in [0.3, 0.4) is 0 Å². The van der Waals surface area contributed by atoms with Crippen molar-refractivity contribution >= 4 is 17.7 Å². The topological polar surface area (TPSA) is 102 Å². The highest BCUT2D eigenvalue weighted by atomic mass is 32.2. The van der Waals surface area contributed by atoms with Crippen molar-refractivity contribution in [3.8, 4) is 0 Å². The molecule has 8 nitrogen and oxygen atoms in total. The smallest absolute Gasteiger partial charge is 0.287 e. The Balaban J connectivity index is 1.57. The van der Waals surface area contributed by atoms with Gasteiger partial charge in [0.2, 0.25) is 0 Å². The number of aromatic amines is 1. The van der Waals surface area contributed by atoms with Gasteiger partial charge in [0.05, 0.1) is 18.0 Å². The van der Waals surface area contributed by atoms with E-state index in [-0.39, 0.29) is 17.7 Å². The fourth-order valence-corrected chi connectivity index (χ4v) is 2.67. The third kappa shape index (κ3) is 3.81. The lowest BCUT2D eigenvalue weighted by Crippen LogP contribution is -2.26. The van der Waals surface area contributed by atoms with Gasteiger partial charge in [-0.15, -0.1) is 0 Å². The Labute approximate surface area is 136 Å². The minimum Gasteiger partial charge on any atom is -0.455 e. The summed E-state index contributed by atoms with van der Waals surface area (Å²) in [5.74, 6) is 1.30. The third-order valence-electron chi connectivity index (χ3n) is 3.20. The number of nitrogens with one attached hydrogen (secondary N) is 2. The zero-order valence-electron chi connectivity index (χ0n) is 12.7. The largest absolute Gasteiger partial charge is 0.455 e. The van der Waals surface area contributed by atoms with Crippen LogP contribution in [0.5, 0.6) is 0 Å². The zero-order valence-corrected chi connectivity index (χ0v) is 13.5. The van der Waals surface area contributed by atoms with Crippen LogP contribution < -0.4 is 5.32 Å². The molecule has 0 saturated carbocycles. The molecule has 0 saturated heterocycles.